The van der Waals surface area contributed by atoms with Crippen LogP contribution in [-0.2, 0) is 17.9 Å². The van der Waals surface area contributed by atoms with Gasteiger partial charge in [-0.2, -0.15) is 5.26 Å². The Labute approximate surface area is 163 Å². The Hall–Kier alpha value is -2.63. The average Bonchev–Trinajstić information content (AvgIpc) is 2.69. The SMILES string of the molecule is N#C[C@]12Cn3cc(Br)c(=O)c(OCc4ccccc4)c3C(=O)N1CCCO2. The number of hydrogen-bond acceptors (Lipinski definition) is 5. The minimum Gasteiger partial charge on any atom is -0.483 e. The van der Waals surface area contributed by atoms with Gasteiger partial charge in [0.2, 0.25) is 5.43 Å². The number of nitrogens with zero attached hydrogens (tertiary/aromatic N) is 3. The van der Waals surface area contributed by atoms with Crippen LogP contribution in [0.15, 0.2) is 45.8 Å². The number of carbonyl (C=O) groups excluding carboxylic acids is 1. The lowest BCUT2D eigenvalue weighted by molar-refractivity contribution is -0.143. The summed E-state index contributed by atoms with van der Waals surface area (Å²) in [6.45, 7) is 1.08. The van der Waals surface area contributed by atoms with E-state index in [4.69, 9.17) is 9.47 Å². The maximum Gasteiger partial charge on any atom is 0.277 e. The summed E-state index contributed by atoms with van der Waals surface area (Å²) in [5.74, 6) is -0.453. The highest BCUT2D eigenvalue weighted by molar-refractivity contribution is 9.10. The van der Waals surface area contributed by atoms with Crippen LogP contribution in [0.5, 0.6) is 5.75 Å². The number of halogens is 1. The van der Waals surface area contributed by atoms with Crippen molar-refractivity contribution in [1.82, 2.24) is 9.47 Å². The van der Waals surface area contributed by atoms with Gasteiger partial charge in [0.1, 0.15) is 12.7 Å². The topological polar surface area (TPSA) is 84.6 Å². The van der Waals surface area contributed by atoms with Crippen LogP contribution in [0.4, 0.5) is 0 Å². The summed E-state index contributed by atoms with van der Waals surface area (Å²) in [7, 11) is 0. The molecule has 1 saturated heterocycles. The lowest BCUT2D eigenvalue weighted by atomic mass is 10.0. The summed E-state index contributed by atoms with van der Waals surface area (Å²) in [5, 5.41) is 9.68. The van der Waals surface area contributed by atoms with E-state index in [9.17, 15) is 14.9 Å². The molecule has 1 fully saturated rings. The smallest absolute Gasteiger partial charge is 0.277 e. The average molecular weight is 430 g/mol. The molecular formula is C19H16BrN3O4. The number of ether oxygens (including phenoxy) is 2. The van der Waals surface area contributed by atoms with Gasteiger partial charge in [0, 0.05) is 12.7 Å². The lowest BCUT2D eigenvalue weighted by Gasteiger charge is -2.45. The van der Waals surface area contributed by atoms with Crippen molar-refractivity contribution in [2.45, 2.75) is 25.3 Å². The van der Waals surface area contributed by atoms with Crippen molar-refractivity contribution in [3.63, 3.8) is 0 Å². The molecule has 0 saturated carbocycles. The molecule has 0 radical (unpaired) electrons. The van der Waals surface area contributed by atoms with Crippen molar-refractivity contribution in [2.24, 2.45) is 0 Å². The van der Waals surface area contributed by atoms with Crippen molar-refractivity contribution >= 4 is 21.8 Å². The van der Waals surface area contributed by atoms with Crippen molar-refractivity contribution in [3.8, 4) is 11.8 Å². The number of nitriles is 1. The van der Waals surface area contributed by atoms with Gasteiger partial charge < -0.3 is 14.0 Å². The molecule has 3 heterocycles. The molecule has 2 aromatic rings. The third-order valence-corrected chi connectivity index (χ3v) is 5.30. The van der Waals surface area contributed by atoms with E-state index in [2.05, 4.69) is 22.0 Å². The maximum absolute atomic E-state index is 13.2. The molecule has 1 amide bonds. The Bertz CT molecular complexity index is 998. The second-order valence-corrected chi connectivity index (χ2v) is 7.30. The fourth-order valence-corrected chi connectivity index (χ4v) is 3.85. The Morgan fingerprint density at radius 1 is 1.30 bits per heavy atom. The third kappa shape index (κ3) is 2.93. The number of carbonyl (C=O) groups is 1. The normalized spacial score (nSPS) is 21.2. The quantitative estimate of drug-likeness (QED) is 0.746. The summed E-state index contributed by atoms with van der Waals surface area (Å²) in [4.78, 5) is 27.2. The van der Waals surface area contributed by atoms with E-state index in [1.807, 2.05) is 30.3 Å². The molecule has 138 valence electrons. The van der Waals surface area contributed by atoms with Gasteiger partial charge in [0.05, 0.1) is 17.6 Å². The predicted octanol–water partition coefficient (Wildman–Crippen LogP) is 2.29. The van der Waals surface area contributed by atoms with E-state index < -0.39 is 17.1 Å². The number of amides is 1. The highest BCUT2D eigenvalue weighted by Crippen LogP contribution is 2.34. The number of fused-ring (bicyclic) bond motifs is 2. The fourth-order valence-electron chi connectivity index (χ4n) is 3.42. The van der Waals surface area contributed by atoms with Gasteiger partial charge in [-0.3, -0.25) is 14.5 Å². The lowest BCUT2D eigenvalue weighted by Crippen LogP contribution is -2.62. The van der Waals surface area contributed by atoms with Gasteiger partial charge >= 0.3 is 0 Å². The molecule has 1 aromatic heterocycles. The zero-order chi connectivity index (χ0) is 19.0. The molecule has 27 heavy (non-hydrogen) atoms. The minimum atomic E-state index is -1.35. The molecule has 1 atom stereocenters. The largest absolute Gasteiger partial charge is 0.483 e. The van der Waals surface area contributed by atoms with E-state index in [1.54, 1.807) is 4.57 Å². The van der Waals surface area contributed by atoms with Crippen molar-refractivity contribution in [3.05, 3.63) is 62.5 Å². The molecule has 2 aliphatic heterocycles. The summed E-state index contributed by atoms with van der Waals surface area (Å²) in [6.07, 6.45) is 2.15. The third-order valence-electron chi connectivity index (χ3n) is 4.73. The molecule has 8 heteroatoms. The number of aromatic nitrogens is 1. The molecule has 0 bridgehead atoms. The van der Waals surface area contributed by atoms with E-state index in [1.165, 1.54) is 11.1 Å². The summed E-state index contributed by atoms with van der Waals surface area (Å²) in [6, 6.07) is 11.5. The Balaban J connectivity index is 1.79. The molecule has 0 spiro atoms. The second-order valence-electron chi connectivity index (χ2n) is 6.44. The van der Waals surface area contributed by atoms with E-state index in [0.29, 0.717) is 19.6 Å². The highest BCUT2D eigenvalue weighted by Gasteiger charge is 2.49. The number of rotatable bonds is 3. The van der Waals surface area contributed by atoms with Crippen molar-refractivity contribution in [2.75, 3.05) is 13.2 Å². The van der Waals surface area contributed by atoms with Crippen LogP contribution in [0.1, 0.15) is 22.5 Å². The first-order valence-electron chi connectivity index (χ1n) is 8.52. The molecule has 1 aromatic carbocycles. The molecule has 2 aliphatic rings. The first-order chi connectivity index (χ1) is 13.1. The molecule has 0 unspecified atom stereocenters. The van der Waals surface area contributed by atoms with Gasteiger partial charge in [-0.15, -0.1) is 0 Å². The number of hydrogen-bond donors (Lipinski definition) is 0. The van der Waals surface area contributed by atoms with Crippen molar-refractivity contribution < 1.29 is 14.3 Å². The monoisotopic (exact) mass is 429 g/mol. The Morgan fingerprint density at radius 3 is 2.81 bits per heavy atom. The van der Waals surface area contributed by atoms with Gasteiger partial charge in [-0.25, -0.2) is 0 Å². The van der Waals surface area contributed by atoms with Crippen LogP contribution in [-0.4, -0.2) is 34.3 Å². The van der Waals surface area contributed by atoms with Crippen LogP contribution >= 0.6 is 15.9 Å². The predicted molar refractivity (Wildman–Crippen MR) is 99.1 cm³/mol. The zero-order valence-corrected chi connectivity index (χ0v) is 15.9. The van der Waals surface area contributed by atoms with Gasteiger partial charge in [-0.1, -0.05) is 30.3 Å². The number of benzene rings is 1. The maximum atomic E-state index is 13.2. The molecule has 4 rings (SSSR count). The minimum absolute atomic E-state index is 0.0182. The Kier molecular flexibility index (Phi) is 4.50. The van der Waals surface area contributed by atoms with Crippen LogP contribution in [0.3, 0.4) is 0 Å². The van der Waals surface area contributed by atoms with Gasteiger partial charge in [0.25, 0.3) is 11.6 Å². The standard InChI is InChI=1S/C19H16BrN3O4/c20-14-9-22-12-19(11-21)23(7-4-8-27-19)18(25)15(22)17(16(14)24)26-10-13-5-2-1-3-6-13/h1-3,5-6,9H,4,7-8,10,12H2/t19-/m0/s1. The Morgan fingerprint density at radius 2 is 2.07 bits per heavy atom. The zero-order valence-electron chi connectivity index (χ0n) is 14.4. The van der Waals surface area contributed by atoms with Crippen LogP contribution in [0.25, 0.3) is 0 Å². The van der Waals surface area contributed by atoms with Gasteiger partial charge in [-0.05, 0) is 27.9 Å². The summed E-state index contributed by atoms with van der Waals surface area (Å²) >= 11 is 3.24. The summed E-state index contributed by atoms with van der Waals surface area (Å²) < 4.78 is 13.3. The van der Waals surface area contributed by atoms with E-state index in [0.717, 1.165) is 5.56 Å². The van der Waals surface area contributed by atoms with Crippen LogP contribution in [0, 0.1) is 11.3 Å². The molecular weight excluding hydrogens is 414 g/mol. The van der Waals surface area contributed by atoms with Gasteiger partial charge in [0.15, 0.2) is 11.4 Å². The highest BCUT2D eigenvalue weighted by atomic mass is 79.9. The second kappa shape index (κ2) is 6.83. The number of pyridine rings is 1. The van der Waals surface area contributed by atoms with E-state index >= 15 is 0 Å². The van der Waals surface area contributed by atoms with Crippen LogP contribution in [0.2, 0.25) is 0 Å². The van der Waals surface area contributed by atoms with Crippen LogP contribution < -0.4 is 10.2 Å². The summed E-state index contributed by atoms with van der Waals surface area (Å²) in [5.41, 5.74) is -0.719. The fraction of sp³-hybridized carbons (Fsp3) is 0.316. The van der Waals surface area contributed by atoms with E-state index in [-0.39, 0.29) is 29.1 Å². The first-order valence-corrected chi connectivity index (χ1v) is 9.32. The molecule has 0 N–H and O–H groups in total. The van der Waals surface area contributed by atoms with Crippen molar-refractivity contribution in [1.29, 1.82) is 5.26 Å². The molecule has 0 aliphatic carbocycles. The molecule has 7 nitrogen and oxygen atoms in total. The first kappa shape index (κ1) is 17.8.